The summed E-state index contributed by atoms with van der Waals surface area (Å²) < 4.78 is 0. The molecule has 0 amide bonds. The van der Waals surface area contributed by atoms with E-state index in [1.807, 2.05) is 0 Å². The normalized spacial score (nSPS) is 38.5. The Morgan fingerprint density at radius 1 is 1.50 bits per heavy atom. The molecular formula is C7H11NO2. The molecule has 10 heavy (non-hydrogen) atoms. The number of aliphatic hydroxyl groups is 2. The maximum Gasteiger partial charge on any atom is 0.125 e. The van der Waals surface area contributed by atoms with Crippen molar-refractivity contribution in [2.75, 3.05) is 6.54 Å². The van der Waals surface area contributed by atoms with Crippen molar-refractivity contribution in [3.63, 3.8) is 0 Å². The highest BCUT2D eigenvalue weighted by Crippen LogP contribution is 2.15. The zero-order chi connectivity index (χ0) is 7.61. The SMILES string of the molecule is NCC1(O)C=CC=CC1O. The summed E-state index contributed by atoms with van der Waals surface area (Å²) in [7, 11) is 0. The minimum Gasteiger partial charge on any atom is -0.386 e. The van der Waals surface area contributed by atoms with Gasteiger partial charge in [0, 0.05) is 6.54 Å². The first-order chi connectivity index (χ1) is 4.69. The zero-order valence-electron chi connectivity index (χ0n) is 5.57. The molecule has 0 bridgehead atoms. The fourth-order valence-electron chi connectivity index (χ4n) is 0.846. The Morgan fingerprint density at radius 3 is 2.60 bits per heavy atom. The van der Waals surface area contributed by atoms with Gasteiger partial charge in [-0.2, -0.15) is 0 Å². The monoisotopic (exact) mass is 141 g/mol. The molecule has 0 aromatic heterocycles. The van der Waals surface area contributed by atoms with Crippen LogP contribution in [0.15, 0.2) is 24.3 Å². The van der Waals surface area contributed by atoms with E-state index in [0.29, 0.717) is 0 Å². The van der Waals surface area contributed by atoms with Gasteiger partial charge < -0.3 is 15.9 Å². The molecule has 2 atom stereocenters. The Hall–Kier alpha value is -0.640. The van der Waals surface area contributed by atoms with Crippen LogP contribution >= 0.6 is 0 Å². The van der Waals surface area contributed by atoms with E-state index < -0.39 is 11.7 Å². The summed E-state index contributed by atoms with van der Waals surface area (Å²) in [6.45, 7) is 0.0367. The fourth-order valence-corrected chi connectivity index (χ4v) is 0.846. The average Bonchev–Trinajstić information content (AvgIpc) is 1.96. The number of nitrogens with two attached hydrogens (primary N) is 1. The Morgan fingerprint density at radius 2 is 2.20 bits per heavy atom. The standard InChI is InChI=1S/C7H11NO2/c8-5-7(10)4-2-1-3-6(7)9/h1-4,6,9-10H,5,8H2. The van der Waals surface area contributed by atoms with Crippen LogP contribution in [0.4, 0.5) is 0 Å². The van der Waals surface area contributed by atoms with Gasteiger partial charge in [0.05, 0.1) is 0 Å². The molecule has 0 radical (unpaired) electrons. The highest BCUT2D eigenvalue weighted by atomic mass is 16.3. The molecule has 1 aliphatic rings. The quantitative estimate of drug-likeness (QED) is 0.446. The van der Waals surface area contributed by atoms with Crippen LogP contribution < -0.4 is 5.73 Å². The van der Waals surface area contributed by atoms with E-state index in [2.05, 4.69) is 0 Å². The van der Waals surface area contributed by atoms with Gasteiger partial charge in [-0.05, 0) is 6.08 Å². The number of hydrogen-bond donors (Lipinski definition) is 3. The van der Waals surface area contributed by atoms with Gasteiger partial charge in [0.2, 0.25) is 0 Å². The summed E-state index contributed by atoms with van der Waals surface area (Å²) in [5.74, 6) is 0. The van der Waals surface area contributed by atoms with Gasteiger partial charge in [0.25, 0.3) is 0 Å². The molecule has 0 aromatic carbocycles. The number of aliphatic hydroxyl groups excluding tert-OH is 1. The predicted molar refractivity (Wildman–Crippen MR) is 38.3 cm³/mol. The lowest BCUT2D eigenvalue weighted by molar-refractivity contribution is -0.00817. The maximum atomic E-state index is 9.44. The molecule has 3 nitrogen and oxygen atoms in total. The van der Waals surface area contributed by atoms with Crippen molar-refractivity contribution < 1.29 is 10.2 Å². The lowest BCUT2D eigenvalue weighted by Gasteiger charge is -2.28. The average molecular weight is 141 g/mol. The summed E-state index contributed by atoms with van der Waals surface area (Å²) >= 11 is 0. The number of hydrogen-bond acceptors (Lipinski definition) is 3. The first kappa shape index (κ1) is 7.47. The highest BCUT2D eigenvalue weighted by molar-refractivity contribution is 5.22. The van der Waals surface area contributed by atoms with Crippen LogP contribution in [0.25, 0.3) is 0 Å². The number of rotatable bonds is 1. The van der Waals surface area contributed by atoms with Crippen LogP contribution in [-0.4, -0.2) is 28.5 Å². The summed E-state index contributed by atoms with van der Waals surface area (Å²) in [4.78, 5) is 0. The van der Waals surface area contributed by atoms with E-state index in [1.54, 1.807) is 12.2 Å². The van der Waals surface area contributed by atoms with Crippen molar-refractivity contribution in [3.05, 3.63) is 24.3 Å². The van der Waals surface area contributed by atoms with Gasteiger partial charge in [-0.3, -0.25) is 0 Å². The van der Waals surface area contributed by atoms with Crippen LogP contribution in [0.5, 0.6) is 0 Å². The second-order valence-electron chi connectivity index (χ2n) is 2.38. The molecular weight excluding hydrogens is 130 g/mol. The maximum absolute atomic E-state index is 9.44. The predicted octanol–water partition coefficient (Wildman–Crippen LogP) is -0.837. The summed E-state index contributed by atoms with van der Waals surface area (Å²) in [6, 6.07) is 0. The van der Waals surface area contributed by atoms with Gasteiger partial charge in [0.1, 0.15) is 11.7 Å². The topological polar surface area (TPSA) is 66.5 Å². The van der Waals surface area contributed by atoms with Crippen molar-refractivity contribution in [3.8, 4) is 0 Å². The molecule has 0 fully saturated rings. The van der Waals surface area contributed by atoms with Crippen LogP contribution in [0.3, 0.4) is 0 Å². The molecule has 0 saturated carbocycles. The molecule has 0 aromatic rings. The van der Waals surface area contributed by atoms with E-state index >= 15 is 0 Å². The van der Waals surface area contributed by atoms with E-state index in [0.717, 1.165) is 0 Å². The lowest BCUT2D eigenvalue weighted by atomic mass is 9.93. The third-order valence-electron chi connectivity index (χ3n) is 1.63. The van der Waals surface area contributed by atoms with Crippen LogP contribution in [0.2, 0.25) is 0 Å². The van der Waals surface area contributed by atoms with Crippen molar-refractivity contribution >= 4 is 0 Å². The molecule has 2 unspecified atom stereocenters. The minimum atomic E-state index is -1.26. The molecule has 1 aliphatic carbocycles. The Bertz CT molecular complexity index is 176. The van der Waals surface area contributed by atoms with Gasteiger partial charge >= 0.3 is 0 Å². The molecule has 1 rings (SSSR count). The highest BCUT2D eigenvalue weighted by Gasteiger charge is 2.30. The summed E-state index contributed by atoms with van der Waals surface area (Å²) in [6.07, 6.45) is 5.47. The molecule has 56 valence electrons. The van der Waals surface area contributed by atoms with Crippen molar-refractivity contribution in [1.29, 1.82) is 0 Å². The van der Waals surface area contributed by atoms with E-state index in [9.17, 15) is 5.11 Å². The third kappa shape index (κ3) is 1.11. The second-order valence-corrected chi connectivity index (χ2v) is 2.38. The largest absolute Gasteiger partial charge is 0.386 e. The van der Waals surface area contributed by atoms with Crippen LogP contribution in [-0.2, 0) is 0 Å². The van der Waals surface area contributed by atoms with E-state index in [-0.39, 0.29) is 6.54 Å². The van der Waals surface area contributed by atoms with Gasteiger partial charge in [-0.1, -0.05) is 18.2 Å². The Balaban J connectivity index is 2.77. The Labute approximate surface area is 59.5 Å². The van der Waals surface area contributed by atoms with E-state index in [1.165, 1.54) is 12.2 Å². The molecule has 0 spiro atoms. The zero-order valence-corrected chi connectivity index (χ0v) is 5.57. The van der Waals surface area contributed by atoms with Crippen LogP contribution in [0, 0.1) is 0 Å². The van der Waals surface area contributed by atoms with Crippen molar-refractivity contribution in [2.24, 2.45) is 5.73 Å². The van der Waals surface area contributed by atoms with Crippen LogP contribution in [0.1, 0.15) is 0 Å². The number of allylic oxidation sites excluding steroid dienone is 2. The summed E-state index contributed by atoms with van der Waals surface area (Å²) in [5, 5.41) is 18.6. The fraction of sp³-hybridized carbons (Fsp3) is 0.429. The third-order valence-corrected chi connectivity index (χ3v) is 1.63. The first-order valence-electron chi connectivity index (χ1n) is 3.15. The second kappa shape index (κ2) is 2.54. The smallest absolute Gasteiger partial charge is 0.125 e. The molecule has 3 heteroatoms. The Kier molecular flexibility index (Phi) is 1.89. The van der Waals surface area contributed by atoms with Crippen molar-refractivity contribution in [1.82, 2.24) is 0 Å². The van der Waals surface area contributed by atoms with Crippen molar-refractivity contribution in [2.45, 2.75) is 11.7 Å². The summed E-state index contributed by atoms with van der Waals surface area (Å²) in [5.41, 5.74) is 3.98. The first-order valence-corrected chi connectivity index (χ1v) is 3.15. The minimum absolute atomic E-state index is 0.0367. The van der Waals surface area contributed by atoms with Gasteiger partial charge in [0.15, 0.2) is 0 Å². The van der Waals surface area contributed by atoms with Gasteiger partial charge in [-0.15, -0.1) is 0 Å². The lowest BCUT2D eigenvalue weighted by Crippen LogP contribution is -2.46. The molecule has 0 aliphatic heterocycles. The molecule has 0 saturated heterocycles. The van der Waals surface area contributed by atoms with E-state index in [4.69, 9.17) is 10.8 Å². The molecule has 4 N–H and O–H groups in total. The van der Waals surface area contributed by atoms with Gasteiger partial charge in [-0.25, -0.2) is 0 Å². The molecule has 0 heterocycles.